The average molecular weight is 2130 g/mol. The van der Waals surface area contributed by atoms with Crippen molar-refractivity contribution in [3.63, 3.8) is 0 Å². The number of nitrogens with one attached hydrogen (secondary N) is 5. The molecule has 147 heavy (non-hydrogen) atoms. The van der Waals surface area contributed by atoms with Gasteiger partial charge in [-0.25, -0.2) is 0 Å². The Bertz CT molecular complexity index is 3920. The summed E-state index contributed by atoms with van der Waals surface area (Å²) in [5.74, 6) is -23.4. The third-order valence-electron chi connectivity index (χ3n) is 27.5. The van der Waals surface area contributed by atoms with E-state index in [0.29, 0.717) is 12.8 Å². The molecule has 7 saturated heterocycles. The Morgan fingerprint density at radius 1 is 0.374 bits per heavy atom. The van der Waals surface area contributed by atoms with Gasteiger partial charge in [0.05, 0.1) is 101 Å². The summed E-state index contributed by atoms with van der Waals surface area (Å²) in [5.41, 5.74) is 0. The van der Waals surface area contributed by atoms with Gasteiger partial charge in [-0.2, -0.15) is 0 Å². The number of amides is 5. The molecular weight excluding hydrogens is 1960 g/mol. The highest BCUT2D eigenvalue weighted by Crippen LogP contribution is 2.45. The van der Waals surface area contributed by atoms with Gasteiger partial charge >= 0.3 is 0 Å². The minimum atomic E-state index is -3.94. The van der Waals surface area contributed by atoms with Gasteiger partial charge in [0.1, 0.15) is 170 Å². The van der Waals surface area contributed by atoms with Crippen molar-refractivity contribution in [2.75, 3.05) is 52.9 Å². The highest BCUT2D eigenvalue weighted by molar-refractivity contribution is 5.78. The third-order valence-corrected chi connectivity index (χ3v) is 27.5. The lowest BCUT2D eigenvalue weighted by molar-refractivity contribution is -0.424. The summed E-state index contributed by atoms with van der Waals surface area (Å²) in [7, 11) is 0. The lowest BCUT2D eigenvalue weighted by atomic mass is 9.87. The minimum Gasteiger partial charge on any atom is -0.544 e. The van der Waals surface area contributed by atoms with Crippen molar-refractivity contribution < 1.29 is 232 Å². The summed E-state index contributed by atoms with van der Waals surface area (Å²) >= 11 is 0. The molecule has 0 bridgehead atoms. The summed E-state index contributed by atoms with van der Waals surface area (Å²) in [6, 6.07) is -9.53. The van der Waals surface area contributed by atoms with E-state index >= 15 is 0 Å². The van der Waals surface area contributed by atoms with Crippen molar-refractivity contribution >= 4 is 47.4 Å². The highest BCUT2D eigenvalue weighted by atomic mass is 16.8. The summed E-state index contributed by atoms with van der Waals surface area (Å²) in [4.78, 5) is 107. The van der Waals surface area contributed by atoms with Crippen LogP contribution in [0.2, 0.25) is 0 Å². The number of carbonyl (C=O) groups is 8. The zero-order valence-corrected chi connectivity index (χ0v) is 84.1. The zero-order valence-electron chi connectivity index (χ0n) is 84.1. The molecule has 27 N–H and O–H groups in total. The van der Waals surface area contributed by atoms with Crippen LogP contribution >= 0.6 is 0 Å². The number of ether oxygens (including phenoxy) is 14. The monoisotopic (exact) mass is 2130 g/mol. The van der Waals surface area contributed by atoms with E-state index in [9.17, 15) is 166 Å². The predicted octanol–water partition coefficient (Wildman–Crippen LogP) is -10.7. The largest absolute Gasteiger partial charge is 0.544 e. The van der Waals surface area contributed by atoms with E-state index in [2.05, 4.69) is 40.4 Å². The van der Waals surface area contributed by atoms with Crippen molar-refractivity contribution in [3.8, 4) is 0 Å². The molecule has 7 aliphatic heterocycles. The van der Waals surface area contributed by atoms with Gasteiger partial charge in [-0.05, 0) is 19.3 Å². The topological polar surface area (TPSA) is 840 Å². The number of allylic oxidation sites excluding steroid dienone is 1. The van der Waals surface area contributed by atoms with Gasteiger partial charge < -0.3 is 235 Å². The predicted molar refractivity (Wildman–Crippen MR) is 493 cm³/mol. The Morgan fingerprint density at radius 2 is 0.721 bits per heavy atom. The van der Waals surface area contributed by atoms with Crippen molar-refractivity contribution in [1.29, 1.82) is 0 Å². The van der Waals surface area contributed by atoms with Crippen LogP contribution in [0.3, 0.4) is 0 Å². The molecule has 40 atom stereocenters. The Balaban J connectivity index is 1.26. The molecule has 7 aliphatic rings. The molecule has 0 saturated carbocycles. The average Bonchev–Trinajstić information content (AvgIpc) is 0.742. The van der Waals surface area contributed by atoms with Crippen LogP contribution in [0.4, 0.5) is 0 Å². The molecule has 40 unspecified atom stereocenters. The molecule has 852 valence electrons. The lowest BCUT2D eigenvalue weighted by Gasteiger charge is -2.54. The quantitative estimate of drug-likeness (QED) is 0.0199. The second-order valence-corrected chi connectivity index (χ2v) is 39.2. The fourth-order valence-corrected chi connectivity index (χ4v) is 19.5. The summed E-state index contributed by atoms with van der Waals surface area (Å²) in [6.45, 7) is -2.54. The maximum atomic E-state index is 14.5. The van der Waals surface area contributed by atoms with E-state index < -0.39 is 363 Å². The number of carbonyl (C=O) groups excluding carboxylic acids is 8. The van der Waals surface area contributed by atoms with Crippen molar-refractivity contribution in [2.24, 2.45) is 0 Å². The van der Waals surface area contributed by atoms with Crippen LogP contribution in [0.15, 0.2) is 12.2 Å². The van der Waals surface area contributed by atoms with Crippen LogP contribution in [0.5, 0.6) is 0 Å². The Morgan fingerprint density at radius 3 is 1.14 bits per heavy atom. The van der Waals surface area contributed by atoms with Gasteiger partial charge in [-0.3, -0.25) is 24.0 Å². The number of unbranched alkanes of at least 4 members (excludes halogenated alkanes) is 25. The lowest BCUT2D eigenvalue weighted by Crippen LogP contribution is -2.74. The number of aliphatic hydroxyl groups is 22. The number of carboxylic acids is 3. The molecule has 0 aromatic rings. The highest BCUT2D eigenvalue weighted by Gasteiger charge is 2.64. The van der Waals surface area contributed by atoms with Crippen molar-refractivity contribution in [3.05, 3.63) is 12.2 Å². The number of aliphatic carboxylic acids is 3. The van der Waals surface area contributed by atoms with Gasteiger partial charge in [0.2, 0.25) is 46.9 Å². The Kier molecular flexibility index (Phi) is 55.0. The van der Waals surface area contributed by atoms with Crippen LogP contribution in [0.25, 0.3) is 0 Å². The van der Waals surface area contributed by atoms with E-state index in [1.54, 1.807) is 6.08 Å². The third kappa shape index (κ3) is 36.1. The molecule has 7 fully saturated rings. The molecule has 0 aromatic heterocycles. The molecule has 7 heterocycles. The first-order valence-corrected chi connectivity index (χ1v) is 51.3. The standard InChI is InChI=1S/C95H165N5O47/c1-7-9-11-13-15-17-19-21-22-24-26-28-30-32-34-36-64(118)100-52(53(112)35-33-31-29-27-25-23-20-18-16-14-12-10-8-2)47-134-87-75(125)74(124)78(62(45-106)137-87)139-89-77(127)85(147-95(92(132)133)39-56(115)67(98-50(5)110)83(145-95)73(123)61(44-105)142-93(90(128)129)37-54(113)65(96-48(3)108)81(143-93)69(119)57(116)40-101)79(63(46-107)138-89)140-86-68(99-51(6)111)80(71(121)59(42-103)135-86)141-88-76(126)84(72(122)60(43-104)136-88)146-94(91(130)131)38-55(114)66(97-49(4)109)82(144-94)70(120)58(117)41-102/h33,35,52-63,65-89,101-107,112-117,119-127H,7-32,34,36-47H2,1-6H3,(H,96,108)(H,97,109)(H,98,110)(H,99,111)(H,100,118)(H,128,129)(H,130,131)(H,132,133)/p-3. The number of aliphatic hydroxyl groups excluding tert-OH is 22. The summed E-state index contributed by atoms with van der Waals surface area (Å²) < 4.78 is 84.0. The van der Waals surface area contributed by atoms with Crippen LogP contribution in [0, 0.1) is 0 Å². The van der Waals surface area contributed by atoms with Crippen LogP contribution in [-0.2, 0) is 105 Å². The maximum Gasteiger partial charge on any atom is 0.220 e. The fraction of sp³-hybridized carbons (Fsp3) is 0.895. The molecule has 5 amide bonds. The normalized spacial score (nSPS) is 35.5. The van der Waals surface area contributed by atoms with Gasteiger partial charge in [0.15, 0.2) is 25.2 Å². The molecule has 0 radical (unpaired) electrons. The second-order valence-electron chi connectivity index (χ2n) is 39.2. The molecule has 52 heteroatoms. The van der Waals surface area contributed by atoms with Crippen LogP contribution < -0.4 is 41.9 Å². The van der Waals surface area contributed by atoms with E-state index in [1.807, 2.05) is 0 Å². The first-order valence-electron chi connectivity index (χ1n) is 51.3. The van der Waals surface area contributed by atoms with Crippen LogP contribution in [0.1, 0.15) is 241 Å². The van der Waals surface area contributed by atoms with Gasteiger partial charge in [0.25, 0.3) is 0 Å². The van der Waals surface area contributed by atoms with Gasteiger partial charge in [-0.1, -0.05) is 180 Å². The Labute approximate surface area is 852 Å². The van der Waals surface area contributed by atoms with Crippen LogP contribution in [-0.4, -0.2) is 456 Å². The molecule has 0 spiro atoms. The maximum absolute atomic E-state index is 14.5. The second kappa shape index (κ2) is 63.2. The zero-order chi connectivity index (χ0) is 109. The summed E-state index contributed by atoms with van der Waals surface area (Å²) in [6.07, 6.45) is -49.5. The van der Waals surface area contributed by atoms with E-state index in [0.717, 1.165) is 111 Å². The molecular formula is C95H162N5O47-3. The fourth-order valence-electron chi connectivity index (χ4n) is 19.5. The number of rotatable bonds is 66. The smallest absolute Gasteiger partial charge is 0.220 e. The number of carboxylic acid groups (broad SMARTS) is 3. The number of hydrogen-bond donors (Lipinski definition) is 27. The van der Waals surface area contributed by atoms with Gasteiger partial charge in [-0.15, -0.1) is 0 Å². The minimum absolute atomic E-state index is 0.0400. The van der Waals surface area contributed by atoms with Crippen molar-refractivity contribution in [1.82, 2.24) is 26.6 Å². The first kappa shape index (κ1) is 128. The van der Waals surface area contributed by atoms with E-state index in [1.165, 1.54) is 83.1 Å². The summed E-state index contributed by atoms with van der Waals surface area (Å²) in [5, 5.41) is 306. The molecule has 52 nitrogen and oxygen atoms in total. The first-order chi connectivity index (χ1) is 69.9. The Hall–Kier alpha value is -5.94. The SMILES string of the molecule is CCCCCCCCCCCCCC=CC(O)C(COC1OC(CO)C(OC2OC(CO)C(OC3OC(CO)C(O)C(OC4OC(CO)C(O)C(OC5(C(=O)[O-])CC(O)C(NC(C)=O)C(C(O)C(O)CO)O5)C4O)C3NC(C)=O)C(OC3(C(=O)[O-])CC(O)C(NC(C)=O)C(C(O)C(CO)OC4(C(=O)[O-])CC(O)C(NC(C)=O)C(C(O)C(O)CO)O4)O3)C2O)C(O)C1O)NC(=O)CCCCCCCCCCCCCCCCC. The molecule has 0 aromatic carbocycles. The van der Waals surface area contributed by atoms with E-state index in [-0.39, 0.29) is 6.42 Å². The molecule has 7 rings (SSSR count). The van der Waals surface area contributed by atoms with Crippen molar-refractivity contribution in [2.45, 2.75) is 484 Å². The molecule has 0 aliphatic carbocycles. The van der Waals surface area contributed by atoms with Gasteiger partial charge in [0, 0.05) is 53.4 Å². The van der Waals surface area contributed by atoms with E-state index in [4.69, 9.17) is 66.3 Å². The number of hydrogen-bond acceptors (Lipinski definition) is 47.